The highest BCUT2D eigenvalue weighted by Gasteiger charge is 2.18. The number of rotatable bonds is 10. The highest BCUT2D eigenvalue weighted by molar-refractivity contribution is 5.13. The topological polar surface area (TPSA) is 21.3 Å². The summed E-state index contributed by atoms with van der Waals surface area (Å²) in [6.45, 7) is 11.2. The second-order valence-corrected chi connectivity index (χ2v) is 4.57. The molecule has 2 atom stereocenters. The van der Waals surface area contributed by atoms with E-state index >= 15 is 0 Å². The van der Waals surface area contributed by atoms with E-state index in [1.54, 1.807) is 0 Å². The van der Waals surface area contributed by atoms with E-state index in [0.717, 1.165) is 19.4 Å². The Morgan fingerprint density at radius 3 is 2.53 bits per heavy atom. The van der Waals surface area contributed by atoms with Gasteiger partial charge in [0.1, 0.15) is 0 Å². The van der Waals surface area contributed by atoms with Crippen molar-refractivity contribution in [2.75, 3.05) is 6.54 Å². The van der Waals surface area contributed by atoms with Gasteiger partial charge in [-0.15, -0.1) is 13.2 Å². The molecule has 1 rings (SSSR count). The zero-order valence-electron chi connectivity index (χ0n) is 11.8. The zero-order chi connectivity index (χ0) is 13.9. The molecular weight excluding hydrogens is 234 g/mol. The van der Waals surface area contributed by atoms with Crippen LogP contribution in [0.2, 0.25) is 0 Å². The lowest BCUT2D eigenvalue weighted by atomic mass is 10.0. The van der Waals surface area contributed by atoms with E-state index in [9.17, 15) is 0 Å². The van der Waals surface area contributed by atoms with Gasteiger partial charge in [0.05, 0.1) is 12.7 Å². The fraction of sp³-hybridized carbons (Fsp3) is 0.412. The van der Waals surface area contributed by atoms with Crippen molar-refractivity contribution in [3.63, 3.8) is 0 Å². The van der Waals surface area contributed by atoms with Gasteiger partial charge in [-0.05, 0) is 18.4 Å². The van der Waals surface area contributed by atoms with E-state index in [0.29, 0.717) is 12.6 Å². The Kier molecular flexibility index (Phi) is 7.87. The third-order valence-corrected chi connectivity index (χ3v) is 3.10. The average Bonchev–Trinajstić information content (AvgIpc) is 2.46. The first-order valence-corrected chi connectivity index (χ1v) is 6.92. The number of ether oxygens (including phenoxy) is 1. The van der Waals surface area contributed by atoms with Crippen molar-refractivity contribution in [2.45, 2.75) is 38.5 Å². The Bertz CT molecular complexity index is 361. The summed E-state index contributed by atoms with van der Waals surface area (Å²) in [7, 11) is 0. The lowest BCUT2D eigenvalue weighted by Crippen LogP contribution is -2.40. The lowest BCUT2D eigenvalue weighted by molar-refractivity contribution is 0.0137. The molecule has 0 radical (unpaired) electrons. The Labute approximate surface area is 117 Å². The molecule has 0 amide bonds. The normalized spacial score (nSPS) is 13.7. The van der Waals surface area contributed by atoms with Crippen LogP contribution in [-0.4, -0.2) is 18.7 Å². The van der Waals surface area contributed by atoms with Crippen molar-refractivity contribution < 1.29 is 4.74 Å². The quantitative estimate of drug-likeness (QED) is 0.647. The SMILES string of the molecule is C=CCN[C@@H](CC=C)[C@H](CC)OCc1ccccc1. The first kappa shape index (κ1) is 15.7. The molecule has 0 bridgehead atoms. The van der Waals surface area contributed by atoms with Crippen LogP contribution in [0.25, 0.3) is 0 Å². The van der Waals surface area contributed by atoms with Crippen LogP contribution in [-0.2, 0) is 11.3 Å². The van der Waals surface area contributed by atoms with Gasteiger partial charge < -0.3 is 10.1 Å². The van der Waals surface area contributed by atoms with Crippen LogP contribution in [0.15, 0.2) is 55.6 Å². The molecule has 0 unspecified atom stereocenters. The van der Waals surface area contributed by atoms with E-state index in [1.807, 2.05) is 30.4 Å². The third kappa shape index (κ3) is 5.86. The molecule has 0 aromatic heterocycles. The van der Waals surface area contributed by atoms with Crippen molar-refractivity contribution >= 4 is 0 Å². The first-order chi connectivity index (χ1) is 9.31. The average molecular weight is 259 g/mol. The highest BCUT2D eigenvalue weighted by Crippen LogP contribution is 2.12. The molecule has 1 aromatic rings. The summed E-state index contributed by atoms with van der Waals surface area (Å²) in [4.78, 5) is 0. The predicted molar refractivity (Wildman–Crippen MR) is 82.1 cm³/mol. The second kappa shape index (κ2) is 9.54. The van der Waals surface area contributed by atoms with Gasteiger partial charge in [0.2, 0.25) is 0 Å². The van der Waals surface area contributed by atoms with Crippen molar-refractivity contribution in [3.8, 4) is 0 Å². The molecule has 0 heterocycles. The Morgan fingerprint density at radius 2 is 1.95 bits per heavy atom. The van der Waals surface area contributed by atoms with E-state index in [2.05, 4.69) is 37.5 Å². The minimum absolute atomic E-state index is 0.193. The fourth-order valence-electron chi connectivity index (χ4n) is 2.08. The molecule has 0 aliphatic heterocycles. The van der Waals surface area contributed by atoms with Gasteiger partial charge in [-0.3, -0.25) is 0 Å². The van der Waals surface area contributed by atoms with Crippen LogP contribution >= 0.6 is 0 Å². The maximum atomic E-state index is 6.04. The fourth-order valence-corrected chi connectivity index (χ4v) is 2.08. The van der Waals surface area contributed by atoms with E-state index < -0.39 is 0 Å². The van der Waals surface area contributed by atoms with Gasteiger partial charge in [-0.1, -0.05) is 49.4 Å². The van der Waals surface area contributed by atoms with Crippen molar-refractivity contribution in [1.29, 1.82) is 0 Å². The molecule has 19 heavy (non-hydrogen) atoms. The third-order valence-electron chi connectivity index (χ3n) is 3.10. The van der Waals surface area contributed by atoms with Crippen LogP contribution in [0, 0.1) is 0 Å². The van der Waals surface area contributed by atoms with Gasteiger partial charge >= 0.3 is 0 Å². The molecule has 1 N–H and O–H groups in total. The minimum atomic E-state index is 0.193. The maximum absolute atomic E-state index is 6.04. The molecular formula is C17H25NO. The van der Waals surface area contributed by atoms with Crippen LogP contribution in [0.1, 0.15) is 25.3 Å². The number of benzene rings is 1. The van der Waals surface area contributed by atoms with Crippen LogP contribution < -0.4 is 5.32 Å². The smallest absolute Gasteiger partial charge is 0.0733 e. The minimum Gasteiger partial charge on any atom is -0.372 e. The molecule has 0 saturated carbocycles. The van der Waals surface area contributed by atoms with E-state index in [-0.39, 0.29) is 6.10 Å². The first-order valence-electron chi connectivity index (χ1n) is 6.92. The van der Waals surface area contributed by atoms with E-state index in [1.165, 1.54) is 5.56 Å². The predicted octanol–water partition coefficient (Wildman–Crippen LogP) is 3.70. The van der Waals surface area contributed by atoms with Crippen molar-refractivity contribution in [1.82, 2.24) is 5.32 Å². The summed E-state index contributed by atoms with van der Waals surface area (Å²) < 4.78 is 6.04. The van der Waals surface area contributed by atoms with Gasteiger partial charge in [0.25, 0.3) is 0 Å². The summed E-state index contributed by atoms with van der Waals surface area (Å²) >= 11 is 0. The van der Waals surface area contributed by atoms with Crippen LogP contribution in [0.4, 0.5) is 0 Å². The van der Waals surface area contributed by atoms with Crippen molar-refractivity contribution in [3.05, 3.63) is 61.2 Å². The molecule has 104 valence electrons. The molecule has 0 saturated heterocycles. The summed E-state index contributed by atoms with van der Waals surface area (Å²) in [6.07, 6.45) is 5.89. The standard InChI is InChI=1S/C17H25NO/c1-4-10-16(18-13-5-2)17(6-3)19-14-15-11-8-7-9-12-15/h4-5,7-9,11-12,16-18H,1-2,6,10,13-14H2,3H3/t16-,17-/m0/s1. The largest absolute Gasteiger partial charge is 0.372 e. The molecule has 2 nitrogen and oxygen atoms in total. The molecule has 0 aliphatic carbocycles. The summed E-state index contributed by atoms with van der Waals surface area (Å²) in [6, 6.07) is 10.6. The Morgan fingerprint density at radius 1 is 1.21 bits per heavy atom. The molecule has 0 aliphatic rings. The molecule has 1 aromatic carbocycles. The summed E-state index contributed by atoms with van der Waals surface area (Å²) in [5.41, 5.74) is 1.21. The van der Waals surface area contributed by atoms with Gasteiger partial charge in [-0.2, -0.15) is 0 Å². The van der Waals surface area contributed by atoms with Gasteiger partial charge in [0.15, 0.2) is 0 Å². The van der Waals surface area contributed by atoms with Crippen molar-refractivity contribution in [2.24, 2.45) is 0 Å². The lowest BCUT2D eigenvalue weighted by Gasteiger charge is -2.26. The second-order valence-electron chi connectivity index (χ2n) is 4.57. The molecule has 0 spiro atoms. The van der Waals surface area contributed by atoms with Crippen LogP contribution in [0.5, 0.6) is 0 Å². The monoisotopic (exact) mass is 259 g/mol. The zero-order valence-corrected chi connectivity index (χ0v) is 11.8. The maximum Gasteiger partial charge on any atom is 0.0733 e. The molecule has 0 fully saturated rings. The number of hydrogen-bond donors (Lipinski definition) is 1. The molecule has 2 heteroatoms. The van der Waals surface area contributed by atoms with Crippen LogP contribution in [0.3, 0.4) is 0 Å². The Hall–Kier alpha value is -1.38. The highest BCUT2D eigenvalue weighted by atomic mass is 16.5. The summed E-state index contributed by atoms with van der Waals surface area (Å²) in [5.74, 6) is 0. The summed E-state index contributed by atoms with van der Waals surface area (Å²) in [5, 5.41) is 3.44. The van der Waals surface area contributed by atoms with Gasteiger partial charge in [0, 0.05) is 12.6 Å². The van der Waals surface area contributed by atoms with E-state index in [4.69, 9.17) is 4.74 Å². The number of nitrogens with one attached hydrogen (secondary N) is 1. The Balaban J connectivity index is 2.53. The van der Waals surface area contributed by atoms with Gasteiger partial charge in [-0.25, -0.2) is 0 Å². The number of hydrogen-bond acceptors (Lipinski definition) is 2.